The fourth-order valence-electron chi connectivity index (χ4n) is 5.33. The largest absolute Gasteiger partial charge is 0.493 e. The molecular formula is C32H44N2O7. The van der Waals surface area contributed by atoms with Crippen molar-refractivity contribution >= 4 is 11.9 Å². The smallest absolute Gasteiger partial charge is 0.338 e. The average molecular weight is 569 g/mol. The number of rotatable bonds is 4. The van der Waals surface area contributed by atoms with Crippen LogP contribution in [0.25, 0.3) is 0 Å². The third-order valence-electron chi connectivity index (χ3n) is 7.93. The molecule has 0 spiro atoms. The maximum Gasteiger partial charge on any atom is 0.338 e. The molecule has 0 aliphatic carbocycles. The molecule has 3 atom stereocenters. The van der Waals surface area contributed by atoms with Crippen LogP contribution in [0.4, 0.5) is 0 Å². The van der Waals surface area contributed by atoms with Gasteiger partial charge in [-0.25, -0.2) is 9.59 Å². The number of carbonyl (C=O) groups is 2. The number of carbonyl (C=O) groups excluding carboxylic acids is 2. The first-order valence-corrected chi connectivity index (χ1v) is 14.7. The summed E-state index contributed by atoms with van der Waals surface area (Å²) in [5, 5.41) is 0. The molecule has 224 valence electrons. The number of esters is 2. The number of cyclic esters (lactones) is 1. The van der Waals surface area contributed by atoms with Gasteiger partial charge in [0.1, 0.15) is 6.10 Å². The molecule has 2 aliphatic rings. The van der Waals surface area contributed by atoms with Gasteiger partial charge in [-0.3, -0.25) is 0 Å². The second kappa shape index (κ2) is 15.1. The molecule has 2 heterocycles. The number of hydrogen-bond acceptors (Lipinski definition) is 9. The maximum absolute atomic E-state index is 13.1. The van der Waals surface area contributed by atoms with Crippen LogP contribution in [-0.2, 0) is 9.47 Å². The predicted molar refractivity (Wildman–Crippen MR) is 156 cm³/mol. The van der Waals surface area contributed by atoms with Gasteiger partial charge >= 0.3 is 11.9 Å². The van der Waals surface area contributed by atoms with Crippen molar-refractivity contribution in [3.05, 3.63) is 52.6 Å². The van der Waals surface area contributed by atoms with E-state index in [0.717, 1.165) is 69.7 Å². The van der Waals surface area contributed by atoms with Gasteiger partial charge in [0.2, 0.25) is 5.75 Å². The first kappa shape index (κ1) is 30.7. The summed E-state index contributed by atoms with van der Waals surface area (Å²) in [5.41, 5.74) is 3.13. The second-order valence-corrected chi connectivity index (χ2v) is 10.8. The number of fused-ring (bicyclic) bond motifs is 5. The highest BCUT2D eigenvalue weighted by Gasteiger charge is 2.22. The number of nitrogens with zero attached hydrogens (tertiary/aromatic N) is 2. The zero-order valence-electron chi connectivity index (χ0n) is 24.9. The van der Waals surface area contributed by atoms with Crippen LogP contribution in [0.2, 0.25) is 0 Å². The minimum Gasteiger partial charge on any atom is -0.493 e. The summed E-state index contributed by atoms with van der Waals surface area (Å²) in [7, 11) is 3.06. The van der Waals surface area contributed by atoms with E-state index in [2.05, 4.69) is 9.80 Å². The van der Waals surface area contributed by atoms with Crippen LogP contribution in [0.15, 0.2) is 30.3 Å². The highest BCUT2D eigenvalue weighted by Crippen LogP contribution is 2.39. The van der Waals surface area contributed by atoms with E-state index < -0.39 is 5.97 Å². The molecule has 4 bridgehead atoms. The van der Waals surface area contributed by atoms with Crippen LogP contribution >= 0.6 is 0 Å². The van der Waals surface area contributed by atoms with Gasteiger partial charge in [0.25, 0.3) is 0 Å². The summed E-state index contributed by atoms with van der Waals surface area (Å²) in [5.74, 6) is 0.510. The molecule has 9 nitrogen and oxygen atoms in total. The summed E-state index contributed by atoms with van der Waals surface area (Å²) in [6.45, 7) is 10.4. The van der Waals surface area contributed by atoms with Crippen LogP contribution in [0.5, 0.6) is 17.2 Å². The predicted octanol–water partition coefficient (Wildman–Crippen LogP) is 4.66. The lowest BCUT2D eigenvalue weighted by molar-refractivity contribution is 0.0221. The Labute approximate surface area is 243 Å². The van der Waals surface area contributed by atoms with Gasteiger partial charge in [-0.15, -0.1) is 0 Å². The van der Waals surface area contributed by atoms with Crippen molar-refractivity contribution in [3.8, 4) is 17.2 Å². The second-order valence-electron chi connectivity index (χ2n) is 10.8. The topological polar surface area (TPSA) is 86.8 Å². The van der Waals surface area contributed by atoms with Crippen LogP contribution in [0, 0.1) is 13.8 Å². The molecule has 0 amide bonds. The van der Waals surface area contributed by atoms with E-state index in [1.165, 1.54) is 14.2 Å². The molecule has 0 saturated carbocycles. The Morgan fingerprint density at radius 3 is 2.27 bits per heavy atom. The van der Waals surface area contributed by atoms with Crippen molar-refractivity contribution < 1.29 is 33.3 Å². The van der Waals surface area contributed by atoms with Crippen molar-refractivity contribution in [2.24, 2.45) is 0 Å². The summed E-state index contributed by atoms with van der Waals surface area (Å²) < 4.78 is 28.7. The van der Waals surface area contributed by atoms with Gasteiger partial charge in [0.15, 0.2) is 11.5 Å². The zero-order chi connectivity index (χ0) is 29.2. The Morgan fingerprint density at radius 2 is 1.54 bits per heavy atom. The molecule has 4 rings (SSSR count). The standard InChI is InChI=1S/C32H44N2O7/c1-23-9-10-25(20-24(23)2)32(36)41-27-8-5-18-39-29-22-26(21-28(37-3)30(29)38-4)31(35)40-19-7-14-33-12-6-13-34(15-11-27)17-16-33/h9-10,20-22,27H,5-8,11-19H2,1-4H3. The van der Waals surface area contributed by atoms with Crippen molar-refractivity contribution in [1.82, 2.24) is 9.80 Å². The number of methoxy groups -OCH3 is 2. The molecule has 0 N–H and O–H groups in total. The number of benzene rings is 2. The lowest BCUT2D eigenvalue weighted by Gasteiger charge is -2.24. The van der Waals surface area contributed by atoms with E-state index in [0.29, 0.717) is 54.4 Å². The monoisotopic (exact) mass is 568 g/mol. The Kier molecular flexibility index (Phi) is 11.3. The highest BCUT2D eigenvalue weighted by atomic mass is 16.5. The van der Waals surface area contributed by atoms with Crippen LogP contribution in [-0.4, -0.2) is 94.5 Å². The summed E-state index contributed by atoms with van der Waals surface area (Å²) >= 11 is 0. The normalized spacial score (nSPS) is 22.6. The SMILES string of the molecule is COc1cc2cc(c1OC)OCCCC(OC(=O)c1ccc(C)c(C)c1)CCN1CCCN(CCCOC2=O)CC1. The zero-order valence-corrected chi connectivity index (χ0v) is 24.9. The van der Waals surface area contributed by atoms with Crippen LogP contribution in [0.1, 0.15) is 63.9 Å². The van der Waals surface area contributed by atoms with Gasteiger partial charge in [-0.05, 0) is 94.4 Å². The Balaban J connectivity index is 1.51. The van der Waals surface area contributed by atoms with Crippen molar-refractivity contribution in [2.45, 2.75) is 52.1 Å². The Hall–Kier alpha value is -3.30. The average Bonchev–Trinajstić information content (AvgIpc) is 3.21. The quantitative estimate of drug-likeness (QED) is 0.489. The van der Waals surface area contributed by atoms with Gasteiger partial charge in [0.05, 0.1) is 38.6 Å². The fraction of sp³-hybridized carbons (Fsp3) is 0.562. The maximum atomic E-state index is 13.1. The van der Waals surface area contributed by atoms with E-state index in [9.17, 15) is 9.59 Å². The molecule has 2 aromatic rings. The van der Waals surface area contributed by atoms with E-state index in [1.54, 1.807) is 12.1 Å². The highest BCUT2D eigenvalue weighted by molar-refractivity contribution is 5.91. The number of aryl methyl sites for hydroxylation is 2. The molecule has 3 unspecified atom stereocenters. The summed E-state index contributed by atoms with van der Waals surface area (Å²) in [6.07, 6.45) is 3.66. The minimum absolute atomic E-state index is 0.244. The minimum atomic E-state index is -0.422. The van der Waals surface area contributed by atoms with Crippen molar-refractivity contribution in [1.29, 1.82) is 0 Å². The van der Waals surface area contributed by atoms with Gasteiger partial charge in [-0.2, -0.15) is 0 Å². The molecule has 2 aromatic carbocycles. The molecular weight excluding hydrogens is 524 g/mol. The molecule has 1 saturated heterocycles. The third-order valence-corrected chi connectivity index (χ3v) is 7.93. The summed E-state index contributed by atoms with van der Waals surface area (Å²) in [6, 6.07) is 8.93. The molecule has 41 heavy (non-hydrogen) atoms. The first-order valence-electron chi connectivity index (χ1n) is 14.7. The first-order chi connectivity index (χ1) is 19.9. The molecule has 9 heteroatoms. The summed E-state index contributed by atoms with van der Waals surface area (Å²) in [4.78, 5) is 30.9. The Morgan fingerprint density at radius 1 is 0.805 bits per heavy atom. The lowest BCUT2D eigenvalue weighted by atomic mass is 10.1. The van der Waals surface area contributed by atoms with Gasteiger partial charge < -0.3 is 33.5 Å². The van der Waals surface area contributed by atoms with Crippen molar-refractivity contribution in [2.75, 3.05) is 66.7 Å². The third kappa shape index (κ3) is 8.60. The Bertz CT molecular complexity index is 1180. The molecule has 0 radical (unpaired) electrons. The fourth-order valence-corrected chi connectivity index (χ4v) is 5.33. The van der Waals surface area contributed by atoms with Gasteiger partial charge in [0, 0.05) is 26.2 Å². The van der Waals surface area contributed by atoms with E-state index >= 15 is 0 Å². The molecule has 2 aliphatic heterocycles. The van der Waals surface area contributed by atoms with E-state index in [1.807, 2.05) is 32.0 Å². The van der Waals surface area contributed by atoms with E-state index in [-0.39, 0.29) is 12.1 Å². The number of hydrogen-bond donors (Lipinski definition) is 0. The van der Waals surface area contributed by atoms with Crippen LogP contribution < -0.4 is 14.2 Å². The molecule has 1 fully saturated rings. The van der Waals surface area contributed by atoms with E-state index in [4.69, 9.17) is 23.7 Å². The van der Waals surface area contributed by atoms with Crippen molar-refractivity contribution in [3.63, 3.8) is 0 Å². The van der Waals surface area contributed by atoms with Gasteiger partial charge in [-0.1, -0.05) is 6.07 Å². The molecule has 0 aromatic heterocycles. The lowest BCUT2D eigenvalue weighted by Crippen LogP contribution is -2.34. The van der Waals surface area contributed by atoms with Crippen LogP contribution in [0.3, 0.4) is 0 Å². The number of ether oxygens (including phenoxy) is 5.